The maximum atomic E-state index is 12.8. The fourth-order valence-electron chi connectivity index (χ4n) is 2.93. The molecule has 1 saturated carbocycles. The second-order valence-corrected chi connectivity index (χ2v) is 6.59. The van der Waals surface area contributed by atoms with Gasteiger partial charge in [0.25, 0.3) is 11.8 Å². The number of benzene rings is 1. The maximum Gasteiger partial charge on any atom is 0.288 e. The van der Waals surface area contributed by atoms with Gasteiger partial charge in [0.1, 0.15) is 0 Å². The smallest absolute Gasteiger partial charge is 0.288 e. The number of imidazole rings is 1. The molecule has 0 bridgehead atoms. The zero-order valence-corrected chi connectivity index (χ0v) is 14.5. The van der Waals surface area contributed by atoms with Gasteiger partial charge in [-0.25, -0.2) is 4.98 Å². The van der Waals surface area contributed by atoms with Gasteiger partial charge in [0.05, 0.1) is 11.6 Å². The quantitative estimate of drug-likeness (QED) is 0.744. The summed E-state index contributed by atoms with van der Waals surface area (Å²) in [4.78, 5) is 29.6. The van der Waals surface area contributed by atoms with Crippen LogP contribution in [0.25, 0.3) is 5.52 Å². The zero-order chi connectivity index (χ0) is 18.1. The molecular formula is C20H20N4O2. The summed E-state index contributed by atoms with van der Waals surface area (Å²) in [6, 6.07) is 15.2. The van der Waals surface area contributed by atoms with E-state index in [1.54, 1.807) is 16.7 Å². The van der Waals surface area contributed by atoms with Gasteiger partial charge >= 0.3 is 0 Å². The minimum atomic E-state index is -0.312. The average Bonchev–Trinajstić information content (AvgIpc) is 3.39. The average molecular weight is 348 g/mol. The maximum absolute atomic E-state index is 12.8. The Bertz CT molecular complexity index is 960. The molecule has 0 saturated heterocycles. The Balaban J connectivity index is 1.63. The van der Waals surface area contributed by atoms with E-state index < -0.39 is 0 Å². The second-order valence-electron chi connectivity index (χ2n) is 6.59. The number of carbonyl (C=O) groups is 2. The van der Waals surface area contributed by atoms with Gasteiger partial charge in [-0.1, -0.05) is 36.4 Å². The molecule has 1 unspecified atom stereocenters. The summed E-state index contributed by atoms with van der Waals surface area (Å²) in [6.07, 6.45) is 3.75. The van der Waals surface area contributed by atoms with Crippen molar-refractivity contribution in [2.24, 2.45) is 0 Å². The van der Waals surface area contributed by atoms with E-state index >= 15 is 0 Å². The number of pyridine rings is 1. The van der Waals surface area contributed by atoms with Crippen molar-refractivity contribution in [1.29, 1.82) is 0 Å². The van der Waals surface area contributed by atoms with E-state index in [1.165, 1.54) is 0 Å². The molecule has 0 aliphatic heterocycles. The Kier molecular flexibility index (Phi) is 4.16. The third-order valence-electron chi connectivity index (χ3n) is 4.53. The number of fused-ring (bicyclic) bond motifs is 1. The Morgan fingerprint density at radius 1 is 1.08 bits per heavy atom. The predicted molar refractivity (Wildman–Crippen MR) is 98.0 cm³/mol. The number of nitrogens with zero attached hydrogens (tertiary/aromatic N) is 2. The molecule has 6 heteroatoms. The van der Waals surface area contributed by atoms with Gasteiger partial charge in [-0.15, -0.1) is 0 Å². The van der Waals surface area contributed by atoms with Gasteiger partial charge in [0, 0.05) is 12.2 Å². The summed E-state index contributed by atoms with van der Waals surface area (Å²) in [5, 5.41) is 5.89. The van der Waals surface area contributed by atoms with Gasteiger partial charge < -0.3 is 10.6 Å². The highest BCUT2D eigenvalue weighted by Crippen LogP contribution is 2.21. The lowest BCUT2D eigenvalue weighted by molar-refractivity contribution is 0.0928. The summed E-state index contributed by atoms with van der Waals surface area (Å²) in [7, 11) is 0. The lowest BCUT2D eigenvalue weighted by atomic mass is 10.1. The van der Waals surface area contributed by atoms with Crippen LogP contribution in [-0.4, -0.2) is 27.2 Å². The normalized spacial score (nSPS) is 14.8. The van der Waals surface area contributed by atoms with Crippen LogP contribution >= 0.6 is 0 Å². The van der Waals surface area contributed by atoms with E-state index in [0.717, 1.165) is 18.4 Å². The van der Waals surface area contributed by atoms with E-state index in [2.05, 4.69) is 15.6 Å². The molecule has 6 nitrogen and oxygen atoms in total. The molecule has 0 spiro atoms. The standard InChI is InChI=1S/C20H20N4O2/c1-13(14-7-3-2-4-8-14)21-20(26)18-23-17(19(25)22-15-10-11-15)16-9-5-6-12-24(16)18/h2-9,12-13,15H,10-11H2,1H3,(H,21,26)(H,22,25). The molecule has 2 amide bonds. The van der Waals surface area contributed by atoms with Crippen molar-refractivity contribution in [3.63, 3.8) is 0 Å². The van der Waals surface area contributed by atoms with E-state index in [0.29, 0.717) is 5.52 Å². The molecule has 1 atom stereocenters. The summed E-state index contributed by atoms with van der Waals surface area (Å²) in [5.41, 5.74) is 1.92. The van der Waals surface area contributed by atoms with Crippen molar-refractivity contribution in [3.05, 3.63) is 71.8 Å². The summed E-state index contributed by atoms with van der Waals surface area (Å²) in [5.74, 6) is -0.330. The van der Waals surface area contributed by atoms with E-state index in [4.69, 9.17) is 0 Å². The summed E-state index contributed by atoms with van der Waals surface area (Å²) < 4.78 is 1.66. The number of rotatable bonds is 5. The zero-order valence-electron chi connectivity index (χ0n) is 14.5. The fraction of sp³-hybridized carbons (Fsp3) is 0.250. The van der Waals surface area contributed by atoms with Gasteiger partial charge in [-0.3, -0.25) is 14.0 Å². The first-order valence-corrected chi connectivity index (χ1v) is 8.77. The number of amides is 2. The van der Waals surface area contributed by atoms with Gasteiger partial charge in [-0.05, 0) is 37.5 Å². The number of nitrogens with one attached hydrogen (secondary N) is 2. The molecule has 1 aliphatic carbocycles. The van der Waals surface area contributed by atoms with Crippen LogP contribution in [0.3, 0.4) is 0 Å². The van der Waals surface area contributed by atoms with E-state index in [1.807, 2.05) is 49.4 Å². The highest BCUT2D eigenvalue weighted by atomic mass is 16.2. The second kappa shape index (κ2) is 6.63. The molecule has 26 heavy (non-hydrogen) atoms. The molecule has 2 aromatic heterocycles. The van der Waals surface area contributed by atoms with E-state index in [9.17, 15) is 9.59 Å². The van der Waals surface area contributed by atoms with Crippen LogP contribution < -0.4 is 10.6 Å². The number of carbonyl (C=O) groups excluding carboxylic acids is 2. The van der Waals surface area contributed by atoms with Crippen molar-refractivity contribution >= 4 is 17.3 Å². The molecular weight excluding hydrogens is 328 g/mol. The Morgan fingerprint density at radius 2 is 1.81 bits per heavy atom. The minimum Gasteiger partial charge on any atom is -0.348 e. The van der Waals surface area contributed by atoms with Crippen LogP contribution in [0.5, 0.6) is 0 Å². The van der Waals surface area contributed by atoms with Crippen molar-refractivity contribution in [2.45, 2.75) is 31.8 Å². The molecule has 132 valence electrons. The highest BCUT2D eigenvalue weighted by Gasteiger charge is 2.27. The third kappa shape index (κ3) is 3.18. The first-order valence-electron chi connectivity index (χ1n) is 8.77. The molecule has 4 rings (SSSR count). The first kappa shape index (κ1) is 16.3. The number of aromatic nitrogens is 2. The molecule has 0 radical (unpaired) electrons. The van der Waals surface area contributed by atoms with Gasteiger partial charge in [0.2, 0.25) is 5.82 Å². The SMILES string of the molecule is CC(NC(=O)c1nc(C(=O)NC2CC2)c2ccccn12)c1ccccc1. The van der Waals surface area contributed by atoms with Crippen molar-refractivity contribution in [3.8, 4) is 0 Å². The summed E-state index contributed by atoms with van der Waals surface area (Å²) >= 11 is 0. The van der Waals surface area contributed by atoms with E-state index in [-0.39, 0.29) is 35.4 Å². The molecule has 2 N–H and O–H groups in total. The lowest BCUT2D eigenvalue weighted by Crippen LogP contribution is -2.29. The molecule has 2 heterocycles. The predicted octanol–water partition coefficient (Wildman–Crippen LogP) is 2.72. The first-order chi connectivity index (χ1) is 12.6. The number of hydrogen-bond acceptors (Lipinski definition) is 3. The monoisotopic (exact) mass is 348 g/mol. The lowest BCUT2D eigenvalue weighted by Gasteiger charge is -2.13. The Hall–Kier alpha value is -3.15. The molecule has 1 aliphatic rings. The highest BCUT2D eigenvalue weighted by molar-refractivity contribution is 6.02. The molecule has 1 aromatic carbocycles. The van der Waals surface area contributed by atoms with Crippen molar-refractivity contribution in [1.82, 2.24) is 20.0 Å². The van der Waals surface area contributed by atoms with Crippen LogP contribution in [0.2, 0.25) is 0 Å². The number of hydrogen-bond donors (Lipinski definition) is 2. The molecule has 1 fully saturated rings. The van der Waals surface area contributed by atoms with Gasteiger partial charge in [0.15, 0.2) is 5.69 Å². The van der Waals surface area contributed by atoms with Crippen molar-refractivity contribution < 1.29 is 9.59 Å². The van der Waals surface area contributed by atoms with Gasteiger partial charge in [-0.2, -0.15) is 0 Å². The summed E-state index contributed by atoms with van der Waals surface area (Å²) in [6.45, 7) is 1.92. The van der Waals surface area contributed by atoms with Crippen LogP contribution in [0.4, 0.5) is 0 Å². The van der Waals surface area contributed by atoms with Crippen LogP contribution in [0, 0.1) is 0 Å². The molecule has 3 aromatic rings. The fourth-order valence-corrected chi connectivity index (χ4v) is 2.93. The third-order valence-corrected chi connectivity index (χ3v) is 4.53. The van der Waals surface area contributed by atoms with Crippen LogP contribution in [-0.2, 0) is 0 Å². The Labute approximate surface area is 151 Å². The largest absolute Gasteiger partial charge is 0.348 e. The van der Waals surface area contributed by atoms with Crippen LogP contribution in [0.15, 0.2) is 54.7 Å². The van der Waals surface area contributed by atoms with Crippen molar-refractivity contribution in [2.75, 3.05) is 0 Å². The topological polar surface area (TPSA) is 75.5 Å². The minimum absolute atomic E-state index is 0.163. The Morgan fingerprint density at radius 3 is 2.54 bits per heavy atom. The van der Waals surface area contributed by atoms with Crippen LogP contribution in [0.1, 0.15) is 52.5 Å².